The lowest BCUT2D eigenvalue weighted by Crippen LogP contribution is -2.01. The summed E-state index contributed by atoms with van der Waals surface area (Å²) in [5.74, 6) is 0. The Balaban J connectivity index is 2.25. The van der Waals surface area contributed by atoms with Crippen molar-refractivity contribution in [3.8, 4) is 16.9 Å². The van der Waals surface area contributed by atoms with Crippen LogP contribution in [-0.2, 0) is 0 Å². The van der Waals surface area contributed by atoms with Crippen molar-refractivity contribution in [2.45, 2.75) is 0 Å². The number of nitro groups is 1. The molecular weight excluding hydrogens is 334 g/mol. The number of rotatable bonds is 3. The van der Waals surface area contributed by atoms with E-state index in [0.717, 1.165) is 5.69 Å². The van der Waals surface area contributed by atoms with Crippen LogP contribution < -0.4 is 0 Å². The maximum absolute atomic E-state index is 11.2. The van der Waals surface area contributed by atoms with Gasteiger partial charge in [-0.15, -0.1) is 0 Å². The number of halogens is 1. The summed E-state index contributed by atoms with van der Waals surface area (Å²) in [5.41, 5.74) is 2.08. The zero-order valence-corrected chi connectivity index (χ0v) is 12.4. The highest BCUT2D eigenvalue weighted by molar-refractivity contribution is 9.10. The first kappa shape index (κ1) is 13.5. The van der Waals surface area contributed by atoms with E-state index in [9.17, 15) is 10.1 Å². The van der Waals surface area contributed by atoms with Crippen LogP contribution in [0.25, 0.3) is 16.9 Å². The van der Waals surface area contributed by atoms with Gasteiger partial charge in [-0.05, 0) is 34.1 Å². The van der Waals surface area contributed by atoms with Crippen molar-refractivity contribution >= 4 is 21.6 Å². The molecule has 3 aromatic rings. The first-order valence-electron chi connectivity index (χ1n) is 6.21. The molecule has 0 bridgehead atoms. The van der Waals surface area contributed by atoms with E-state index in [4.69, 9.17) is 0 Å². The van der Waals surface area contributed by atoms with Crippen molar-refractivity contribution in [1.29, 1.82) is 0 Å². The van der Waals surface area contributed by atoms with Crippen LogP contribution in [0, 0.1) is 10.1 Å². The Hall–Kier alpha value is -2.47. The molecule has 0 spiro atoms. The Labute approximate surface area is 129 Å². The van der Waals surface area contributed by atoms with E-state index in [1.54, 1.807) is 29.1 Å². The molecule has 0 radical (unpaired) electrons. The number of aromatic nitrogens is 2. The van der Waals surface area contributed by atoms with Gasteiger partial charge in [0.05, 0.1) is 32.5 Å². The van der Waals surface area contributed by atoms with E-state index in [-0.39, 0.29) is 10.6 Å². The van der Waals surface area contributed by atoms with Gasteiger partial charge in [0, 0.05) is 6.07 Å². The molecule has 0 amide bonds. The van der Waals surface area contributed by atoms with E-state index in [0.29, 0.717) is 15.7 Å². The molecule has 0 saturated carbocycles. The molecule has 2 aromatic carbocycles. The molecule has 0 unspecified atom stereocenters. The van der Waals surface area contributed by atoms with Gasteiger partial charge in [-0.2, -0.15) is 5.10 Å². The molecule has 0 aliphatic rings. The molecule has 1 heterocycles. The van der Waals surface area contributed by atoms with Gasteiger partial charge < -0.3 is 0 Å². The number of hydrogen-bond donors (Lipinski definition) is 0. The minimum absolute atomic E-state index is 0.0517. The normalized spacial score (nSPS) is 10.5. The Morgan fingerprint density at radius 2 is 1.71 bits per heavy atom. The van der Waals surface area contributed by atoms with Crippen molar-refractivity contribution < 1.29 is 4.92 Å². The fourth-order valence-electron chi connectivity index (χ4n) is 2.17. The fourth-order valence-corrected chi connectivity index (χ4v) is 2.64. The highest BCUT2D eigenvalue weighted by Gasteiger charge is 2.21. The minimum Gasteiger partial charge on any atom is -0.258 e. The Kier molecular flexibility index (Phi) is 3.53. The first-order valence-corrected chi connectivity index (χ1v) is 7.00. The summed E-state index contributed by atoms with van der Waals surface area (Å²) in [6.07, 6.45) is 1.64. The molecule has 1 aromatic heterocycles. The lowest BCUT2D eigenvalue weighted by atomic mass is 10.1. The molecule has 0 aliphatic heterocycles. The molecule has 0 aliphatic carbocycles. The van der Waals surface area contributed by atoms with Crippen molar-refractivity contribution in [1.82, 2.24) is 9.78 Å². The molecule has 0 saturated heterocycles. The molecule has 6 heteroatoms. The van der Waals surface area contributed by atoms with Crippen molar-refractivity contribution in [3.63, 3.8) is 0 Å². The molecule has 5 nitrogen and oxygen atoms in total. The maximum atomic E-state index is 11.2. The standard InChI is InChI=1S/C15H10BrN3O2/c16-13-10-17-18(11-6-2-1-3-7-11)15(13)12-8-4-5-9-14(12)19(20)21/h1-10H. The topological polar surface area (TPSA) is 61.0 Å². The average molecular weight is 344 g/mol. The predicted octanol–water partition coefficient (Wildman–Crippen LogP) is 4.21. The van der Waals surface area contributed by atoms with E-state index in [1.807, 2.05) is 30.3 Å². The lowest BCUT2D eigenvalue weighted by molar-refractivity contribution is -0.384. The number of nitro benzene ring substituents is 1. The van der Waals surface area contributed by atoms with Gasteiger partial charge in [-0.3, -0.25) is 10.1 Å². The van der Waals surface area contributed by atoms with Gasteiger partial charge in [-0.25, -0.2) is 4.68 Å². The second-order valence-electron chi connectivity index (χ2n) is 4.36. The summed E-state index contributed by atoms with van der Waals surface area (Å²) >= 11 is 3.43. The molecule has 0 fully saturated rings. The monoisotopic (exact) mass is 343 g/mol. The summed E-state index contributed by atoms with van der Waals surface area (Å²) in [6, 6.07) is 16.1. The summed E-state index contributed by atoms with van der Waals surface area (Å²) in [5, 5.41) is 15.5. The van der Waals surface area contributed by atoms with Crippen LogP contribution in [0.15, 0.2) is 65.3 Å². The molecule has 104 valence electrons. The van der Waals surface area contributed by atoms with E-state index < -0.39 is 0 Å². The highest BCUT2D eigenvalue weighted by Crippen LogP contribution is 2.35. The van der Waals surface area contributed by atoms with Gasteiger partial charge in [0.15, 0.2) is 0 Å². The smallest absolute Gasteiger partial charge is 0.258 e. The second kappa shape index (κ2) is 5.49. The Morgan fingerprint density at radius 3 is 2.43 bits per heavy atom. The van der Waals surface area contributed by atoms with Crippen LogP contribution >= 0.6 is 15.9 Å². The van der Waals surface area contributed by atoms with Crippen molar-refractivity contribution in [2.24, 2.45) is 0 Å². The van der Waals surface area contributed by atoms with Gasteiger partial charge in [0.1, 0.15) is 0 Å². The van der Waals surface area contributed by atoms with E-state index >= 15 is 0 Å². The molecule has 0 atom stereocenters. The largest absolute Gasteiger partial charge is 0.278 e. The number of benzene rings is 2. The summed E-state index contributed by atoms with van der Waals surface area (Å²) in [7, 11) is 0. The third-order valence-electron chi connectivity index (χ3n) is 3.08. The lowest BCUT2D eigenvalue weighted by Gasteiger charge is -2.08. The van der Waals surface area contributed by atoms with E-state index in [1.165, 1.54) is 6.07 Å². The average Bonchev–Trinajstić information content (AvgIpc) is 2.89. The van der Waals surface area contributed by atoms with Crippen molar-refractivity contribution in [3.05, 3.63) is 75.4 Å². The number of para-hydroxylation sites is 2. The quantitative estimate of drug-likeness (QED) is 0.528. The van der Waals surface area contributed by atoms with E-state index in [2.05, 4.69) is 21.0 Å². The summed E-state index contributed by atoms with van der Waals surface area (Å²) in [6.45, 7) is 0. The SMILES string of the molecule is O=[N+]([O-])c1ccccc1-c1c(Br)cnn1-c1ccccc1. The zero-order chi connectivity index (χ0) is 14.8. The first-order chi connectivity index (χ1) is 10.2. The van der Waals surface area contributed by atoms with Crippen LogP contribution in [0.4, 0.5) is 5.69 Å². The molecular formula is C15H10BrN3O2. The zero-order valence-electron chi connectivity index (χ0n) is 10.8. The summed E-state index contributed by atoms with van der Waals surface area (Å²) in [4.78, 5) is 10.9. The molecule has 0 N–H and O–H groups in total. The number of hydrogen-bond acceptors (Lipinski definition) is 3. The Bertz CT molecular complexity index is 800. The third-order valence-corrected chi connectivity index (χ3v) is 3.66. The highest BCUT2D eigenvalue weighted by atomic mass is 79.9. The van der Waals surface area contributed by atoms with Crippen LogP contribution in [0.2, 0.25) is 0 Å². The van der Waals surface area contributed by atoms with Crippen LogP contribution in [-0.4, -0.2) is 14.7 Å². The fraction of sp³-hybridized carbons (Fsp3) is 0. The van der Waals surface area contributed by atoms with Gasteiger partial charge in [0.25, 0.3) is 5.69 Å². The van der Waals surface area contributed by atoms with Crippen LogP contribution in [0.1, 0.15) is 0 Å². The van der Waals surface area contributed by atoms with Gasteiger partial charge in [-0.1, -0.05) is 30.3 Å². The summed E-state index contributed by atoms with van der Waals surface area (Å²) < 4.78 is 2.40. The minimum atomic E-state index is -0.385. The maximum Gasteiger partial charge on any atom is 0.278 e. The predicted molar refractivity (Wildman–Crippen MR) is 83.4 cm³/mol. The number of nitrogens with zero attached hydrogens (tertiary/aromatic N) is 3. The van der Waals surface area contributed by atoms with Crippen LogP contribution in [0.5, 0.6) is 0 Å². The van der Waals surface area contributed by atoms with Crippen LogP contribution in [0.3, 0.4) is 0 Å². The van der Waals surface area contributed by atoms with Crippen molar-refractivity contribution in [2.75, 3.05) is 0 Å². The Morgan fingerprint density at radius 1 is 1.05 bits per heavy atom. The second-order valence-corrected chi connectivity index (χ2v) is 5.22. The van der Waals surface area contributed by atoms with Gasteiger partial charge >= 0.3 is 0 Å². The van der Waals surface area contributed by atoms with Gasteiger partial charge in [0.2, 0.25) is 0 Å². The molecule has 21 heavy (non-hydrogen) atoms. The molecule has 3 rings (SSSR count). The third kappa shape index (κ3) is 2.45.